The van der Waals surface area contributed by atoms with Gasteiger partial charge in [0.15, 0.2) is 0 Å². The first kappa shape index (κ1) is 12.2. The number of carbonyl (C=O) groups excluding carboxylic acids is 1. The average Bonchev–Trinajstić information content (AvgIpc) is 2.89. The fourth-order valence-electron chi connectivity index (χ4n) is 2.24. The van der Waals surface area contributed by atoms with Crippen molar-refractivity contribution in [3.63, 3.8) is 0 Å². The highest BCUT2D eigenvalue weighted by atomic mass is 32.1. The van der Waals surface area contributed by atoms with E-state index in [0.29, 0.717) is 12.5 Å². The second-order valence-corrected chi connectivity index (χ2v) is 5.32. The predicted octanol–water partition coefficient (Wildman–Crippen LogP) is 1.06. The van der Waals surface area contributed by atoms with Crippen molar-refractivity contribution in [1.29, 1.82) is 0 Å². The third-order valence-electron chi connectivity index (χ3n) is 3.30. The van der Waals surface area contributed by atoms with Crippen molar-refractivity contribution in [3.8, 4) is 0 Å². The molecule has 1 fully saturated rings. The van der Waals surface area contributed by atoms with Crippen LogP contribution >= 0.6 is 11.3 Å². The quantitative estimate of drug-likeness (QED) is 0.859. The van der Waals surface area contributed by atoms with E-state index in [2.05, 4.69) is 20.6 Å². The number of thiophene rings is 1. The van der Waals surface area contributed by atoms with E-state index in [1.807, 2.05) is 23.3 Å². The number of aromatic nitrogens is 2. The van der Waals surface area contributed by atoms with Crippen molar-refractivity contribution in [2.24, 2.45) is 0 Å². The Balaban J connectivity index is 2.12. The van der Waals surface area contributed by atoms with Crippen LogP contribution < -0.4 is 15.5 Å². The van der Waals surface area contributed by atoms with Crippen LogP contribution in [0.3, 0.4) is 0 Å². The first-order valence-electron chi connectivity index (χ1n) is 6.18. The predicted molar refractivity (Wildman–Crippen MR) is 76.8 cm³/mol. The molecule has 1 saturated heterocycles. The minimum Gasteiger partial charge on any atom is -0.357 e. The molecule has 0 aliphatic carbocycles. The molecule has 100 valence electrons. The molecule has 2 aromatic heterocycles. The Hall–Kier alpha value is -1.89. The fraction of sp³-hybridized carbons (Fsp3) is 0.417. The highest BCUT2D eigenvalue weighted by Gasteiger charge is 2.28. The smallest absolute Gasteiger partial charge is 0.242 e. The molecule has 2 aromatic rings. The molecule has 0 aromatic carbocycles. The van der Waals surface area contributed by atoms with E-state index >= 15 is 0 Å². The molecule has 0 spiro atoms. The van der Waals surface area contributed by atoms with Gasteiger partial charge >= 0.3 is 0 Å². The SMILES string of the molecule is CNc1nc(N2CCNC(=O)C2C)c2ccsc2n1. The highest BCUT2D eigenvalue weighted by Crippen LogP contribution is 2.30. The lowest BCUT2D eigenvalue weighted by atomic mass is 10.2. The lowest BCUT2D eigenvalue weighted by Crippen LogP contribution is -2.54. The van der Waals surface area contributed by atoms with Gasteiger partial charge in [0.25, 0.3) is 0 Å². The summed E-state index contributed by atoms with van der Waals surface area (Å²) in [6.07, 6.45) is 0. The van der Waals surface area contributed by atoms with Crippen LogP contribution in [0, 0.1) is 0 Å². The lowest BCUT2D eigenvalue weighted by Gasteiger charge is -2.34. The lowest BCUT2D eigenvalue weighted by molar-refractivity contribution is -0.122. The molecule has 1 aliphatic heterocycles. The molecular formula is C12H15N5OS. The van der Waals surface area contributed by atoms with Gasteiger partial charge in [-0.1, -0.05) is 0 Å². The molecule has 1 amide bonds. The molecule has 7 heteroatoms. The molecule has 0 bridgehead atoms. The summed E-state index contributed by atoms with van der Waals surface area (Å²) in [6.45, 7) is 3.31. The largest absolute Gasteiger partial charge is 0.357 e. The van der Waals surface area contributed by atoms with Crippen molar-refractivity contribution in [1.82, 2.24) is 15.3 Å². The summed E-state index contributed by atoms with van der Waals surface area (Å²) in [5.74, 6) is 1.46. The topological polar surface area (TPSA) is 70.2 Å². The van der Waals surface area contributed by atoms with Crippen LogP contribution in [0.4, 0.5) is 11.8 Å². The van der Waals surface area contributed by atoms with Gasteiger partial charge in [-0.2, -0.15) is 4.98 Å². The molecule has 19 heavy (non-hydrogen) atoms. The molecule has 0 radical (unpaired) electrons. The van der Waals surface area contributed by atoms with Crippen LogP contribution in [0.5, 0.6) is 0 Å². The Morgan fingerprint density at radius 3 is 3.16 bits per heavy atom. The third-order valence-corrected chi connectivity index (χ3v) is 4.11. The molecule has 1 unspecified atom stereocenters. The molecule has 1 aliphatic rings. The van der Waals surface area contributed by atoms with E-state index < -0.39 is 0 Å². The van der Waals surface area contributed by atoms with Crippen LogP contribution in [-0.2, 0) is 4.79 Å². The van der Waals surface area contributed by atoms with Gasteiger partial charge < -0.3 is 15.5 Å². The summed E-state index contributed by atoms with van der Waals surface area (Å²) in [7, 11) is 1.80. The summed E-state index contributed by atoms with van der Waals surface area (Å²) in [6, 6.07) is 1.80. The van der Waals surface area contributed by atoms with Crippen LogP contribution in [-0.4, -0.2) is 42.1 Å². The number of amides is 1. The number of rotatable bonds is 2. The van der Waals surface area contributed by atoms with Crippen molar-refractivity contribution in [2.75, 3.05) is 30.4 Å². The van der Waals surface area contributed by atoms with Gasteiger partial charge in [-0.05, 0) is 18.4 Å². The zero-order chi connectivity index (χ0) is 13.4. The number of nitrogens with zero attached hydrogens (tertiary/aromatic N) is 3. The van der Waals surface area contributed by atoms with Crippen molar-refractivity contribution < 1.29 is 4.79 Å². The van der Waals surface area contributed by atoms with E-state index in [1.54, 1.807) is 18.4 Å². The van der Waals surface area contributed by atoms with Gasteiger partial charge in [-0.25, -0.2) is 4.98 Å². The third kappa shape index (κ3) is 1.99. The van der Waals surface area contributed by atoms with Crippen molar-refractivity contribution >= 4 is 39.2 Å². The van der Waals surface area contributed by atoms with Crippen LogP contribution in [0.1, 0.15) is 6.92 Å². The van der Waals surface area contributed by atoms with Gasteiger partial charge in [0.2, 0.25) is 11.9 Å². The number of anilines is 2. The van der Waals surface area contributed by atoms with E-state index in [9.17, 15) is 4.79 Å². The number of hydrogen-bond acceptors (Lipinski definition) is 6. The minimum absolute atomic E-state index is 0.0410. The molecular weight excluding hydrogens is 262 g/mol. The average molecular weight is 277 g/mol. The molecule has 6 nitrogen and oxygen atoms in total. The molecule has 3 heterocycles. The van der Waals surface area contributed by atoms with Crippen LogP contribution in [0.2, 0.25) is 0 Å². The summed E-state index contributed by atoms with van der Waals surface area (Å²) in [5, 5.41) is 8.84. The van der Waals surface area contributed by atoms with E-state index in [0.717, 1.165) is 22.6 Å². The Morgan fingerprint density at radius 2 is 2.37 bits per heavy atom. The first-order chi connectivity index (χ1) is 9.20. The van der Waals surface area contributed by atoms with Gasteiger partial charge in [-0.15, -0.1) is 11.3 Å². The fourth-order valence-corrected chi connectivity index (χ4v) is 3.00. The monoisotopic (exact) mass is 277 g/mol. The Kier molecular flexibility index (Phi) is 2.98. The summed E-state index contributed by atoms with van der Waals surface area (Å²) in [5.41, 5.74) is 0. The summed E-state index contributed by atoms with van der Waals surface area (Å²) < 4.78 is 0. The maximum Gasteiger partial charge on any atom is 0.242 e. The van der Waals surface area contributed by atoms with Gasteiger partial charge in [0.1, 0.15) is 16.7 Å². The minimum atomic E-state index is -0.212. The maximum atomic E-state index is 11.8. The maximum absolute atomic E-state index is 11.8. The Morgan fingerprint density at radius 1 is 1.53 bits per heavy atom. The standard InChI is InChI=1S/C12H15N5OS/c1-7-10(18)14-4-5-17(7)9-8-3-6-19-11(8)16-12(13-2)15-9/h3,6-7H,4-5H2,1-2H3,(H,14,18)(H,13,15,16). The molecule has 1 atom stereocenters. The summed E-state index contributed by atoms with van der Waals surface area (Å²) in [4.78, 5) is 23.7. The van der Waals surface area contributed by atoms with Gasteiger partial charge in [-0.3, -0.25) is 4.79 Å². The number of carbonyl (C=O) groups is 1. The molecule has 2 N–H and O–H groups in total. The Labute approximate surface area is 114 Å². The second-order valence-electron chi connectivity index (χ2n) is 4.42. The van der Waals surface area contributed by atoms with Gasteiger partial charge in [0, 0.05) is 20.1 Å². The number of piperazine rings is 1. The summed E-state index contributed by atoms with van der Waals surface area (Å²) >= 11 is 1.58. The second kappa shape index (κ2) is 4.65. The van der Waals surface area contributed by atoms with Crippen molar-refractivity contribution in [2.45, 2.75) is 13.0 Å². The number of fused-ring (bicyclic) bond motifs is 1. The van der Waals surface area contributed by atoms with E-state index in [-0.39, 0.29) is 11.9 Å². The molecule has 0 saturated carbocycles. The van der Waals surface area contributed by atoms with Gasteiger partial charge in [0.05, 0.1) is 5.39 Å². The zero-order valence-electron chi connectivity index (χ0n) is 10.8. The van der Waals surface area contributed by atoms with Crippen LogP contribution in [0.15, 0.2) is 11.4 Å². The molecule has 3 rings (SSSR count). The Bertz CT molecular complexity index is 626. The normalized spacial score (nSPS) is 19.6. The highest BCUT2D eigenvalue weighted by molar-refractivity contribution is 7.16. The van der Waals surface area contributed by atoms with E-state index in [1.165, 1.54) is 0 Å². The van der Waals surface area contributed by atoms with Crippen LogP contribution in [0.25, 0.3) is 10.2 Å². The number of hydrogen-bond donors (Lipinski definition) is 2. The zero-order valence-corrected chi connectivity index (χ0v) is 11.6. The first-order valence-corrected chi connectivity index (χ1v) is 7.06. The number of nitrogens with one attached hydrogen (secondary N) is 2. The van der Waals surface area contributed by atoms with Crippen molar-refractivity contribution in [3.05, 3.63) is 11.4 Å². The van der Waals surface area contributed by atoms with E-state index in [4.69, 9.17) is 0 Å².